The Morgan fingerprint density at radius 1 is 0.889 bits per heavy atom. The Hall–Kier alpha value is -0.520. The van der Waals surface area contributed by atoms with Gasteiger partial charge in [0.15, 0.2) is 0 Å². The fourth-order valence-corrected chi connectivity index (χ4v) is 6.01. The van der Waals surface area contributed by atoms with Crippen LogP contribution in [0.25, 0.3) is 0 Å². The summed E-state index contributed by atoms with van der Waals surface area (Å²) >= 11 is 0. The van der Waals surface area contributed by atoms with Crippen molar-refractivity contribution in [3.8, 4) is 0 Å². The monoisotopic (exact) mass is 242 g/mol. The smallest absolute Gasteiger partial charge is 0.0166 e. The first-order valence-electron chi connectivity index (χ1n) is 8.09. The molecule has 0 aromatic heterocycles. The van der Waals surface area contributed by atoms with Crippen LogP contribution in [-0.4, -0.2) is 0 Å². The summed E-state index contributed by atoms with van der Waals surface area (Å²) in [7, 11) is 0. The molecule has 3 saturated carbocycles. The second kappa shape index (κ2) is 3.99. The fraction of sp³-hybridized carbons (Fsp3) is 0.778. The predicted molar refractivity (Wildman–Crippen MR) is 76.2 cm³/mol. The van der Waals surface area contributed by atoms with Crippen LogP contribution in [-0.2, 0) is 0 Å². The van der Waals surface area contributed by atoms with Crippen LogP contribution < -0.4 is 0 Å². The highest BCUT2D eigenvalue weighted by atomic mass is 14.5. The van der Waals surface area contributed by atoms with Gasteiger partial charge >= 0.3 is 0 Å². The number of rotatable bonds is 0. The molecule has 4 aliphatic carbocycles. The minimum Gasteiger partial charge on any atom is -0.0998 e. The van der Waals surface area contributed by atoms with E-state index in [1.807, 2.05) is 5.57 Å². The molecule has 4 rings (SSSR count). The Morgan fingerprint density at radius 2 is 1.78 bits per heavy atom. The molecule has 3 fully saturated rings. The molecule has 5 atom stereocenters. The van der Waals surface area contributed by atoms with Crippen molar-refractivity contribution in [1.29, 1.82) is 0 Å². The van der Waals surface area contributed by atoms with Gasteiger partial charge in [-0.05, 0) is 87.9 Å². The van der Waals surface area contributed by atoms with Gasteiger partial charge in [0.25, 0.3) is 0 Å². The van der Waals surface area contributed by atoms with E-state index in [2.05, 4.69) is 13.5 Å². The van der Waals surface area contributed by atoms with E-state index >= 15 is 0 Å². The molecule has 0 aromatic rings. The molecule has 0 saturated heterocycles. The van der Waals surface area contributed by atoms with Crippen molar-refractivity contribution in [2.75, 3.05) is 0 Å². The van der Waals surface area contributed by atoms with Gasteiger partial charge in [0, 0.05) is 0 Å². The van der Waals surface area contributed by atoms with E-state index in [4.69, 9.17) is 0 Å². The number of hydrogen-bond donors (Lipinski definition) is 0. The van der Waals surface area contributed by atoms with Crippen LogP contribution in [0.1, 0.15) is 58.3 Å². The summed E-state index contributed by atoms with van der Waals surface area (Å²) in [5.74, 6) is 5.16. The normalized spacial score (nSPS) is 46.9. The maximum Gasteiger partial charge on any atom is -0.0166 e. The van der Waals surface area contributed by atoms with Crippen molar-refractivity contribution in [3.63, 3.8) is 0 Å². The SMILES string of the molecule is C=C1CC2CCC3C4CCC(C)=C4CCC3C2C1. The van der Waals surface area contributed by atoms with Crippen molar-refractivity contribution in [3.05, 3.63) is 23.3 Å². The van der Waals surface area contributed by atoms with Crippen LogP contribution in [0.2, 0.25) is 0 Å². The van der Waals surface area contributed by atoms with E-state index in [0.29, 0.717) is 0 Å². The average Bonchev–Trinajstić information content (AvgIpc) is 2.91. The van der Waals surface area contributed by atoms with Gasteiger partial charge in [-0.2, -0.15) is 0 Å². The molecule has 0 radical (unpaired) electrons. The van der Waals surface area contributed by atoms with E-state index in [9.17, 15) is 0 Å². The molecule has 0 aliphatic heterocycles. The summed E-state index contributed by atoms with van der Waals surface area (Å²) in [6.07, 6.45) is 11.6. The molecule has 98 valence electrons. The first-order chi connectivity index (χ1) is 8.74. The van der Waals surface area contributed by atoms with E-state index in [0.717, 1.165) is 29.6 Å². The second-order valence-electron chi connectivity index (χ2n) is 7.48. The lowest BCUT2D eigenvalue weighted by Gasteiger charge is -2.47. The third kappa shape index (κ3) is 1.50. The summed E-state index contributed by atoms with van der Waals surface area (Å²) in [6.45, 7) is 6.69. The molecule has 0 bridgehead atoms. The largest absolute Gasteiger partial charge is 0.0998 e. The molecule has 0 aromatic carbocycles. The summed E-state index contributed by atoms with van der Waals surface area (Å²) in [6, 6.07) is 0. The van der Waals surface area contributed by atoms with Gasteiger partial charge in [0.05, 0.1) is 0 Å². The molecule has 0 spiro atoms. The minimum absolute atomic E-state index is 0.999. The predicted octanol–water partition coefficient (Wildman–Crippen LogP) is 5.12. The third-order valence-electron chi connectivity index (χ3n) is 6.74. The van der Waals surface area contributed by atoms with Gasteiger partial charge in [0.1, 0.15) is 0 Å². The lowest BCUT2D eigenvalue weighted by Crippen LogP contribution is -2.38. The molecule has 0 heteroatoms. The number of allylic oxidation sites excluding steroid dienone is 3. The Balaban J connectivity index is 1.62. The van der Waals surface area contributed by atoms with Gasteiger partial charge in [0.2, 0.25) is 0 Å². The maximum absolute atomic E-state index is 4.29. The summed E-state index contributed by atoms with van der Waals surface area (Å²) in [5.41, 5.74) is 5.22. The van der Waals surface area contributed by atoms with Crippen LogP contribution in [0.15, 0.2) is 23.3 Å². The molecule has 0 heterocycles. The van der Waals surface area contributed by atoms with E-state index in [-0.39, 0.29) is 0 Å². The standard InChI is InChI=1S/C18H26/c1-11-9-13-4-6-16-15-5-3-12(2)14(15)7-8-17(16)18(13)10-11/h13,15-18H,1,3-10H2,2H3. The molecular weight excluding hydrogens is 216 g/mol. The zero-order valence-electron chi connectivity index (χ0n) is 11.8. The minimum atomic E-state index is 0.999. The Bertz CT molecular complexity index is 414. The zero-order chi connectivity index (χ0) is 12.3. The van der Waals surface area contributed by atoms with Crippen molar-refractivity contribution >= 4 is 0 Å². The van der Waals surface area contributed by atoms with Crippen LogP contribution in [0.3, 0.4) is 0 Å². The van der Waals surface area contributed by atoms with Crippen molar-refractivity contribution < 1.29 is 0 Å². The first kappa shape index (κ1) is 11.3. The van der Waals surface area contributed by atoms with Crippen LogP contribution in [0.5, 0.6) is 0 Å². The molecule has 4 aliphatic rings. The highest BCUT2D eigenvalue weighted by Gasteiger charge is 2.48. The zero-order valence-corrected chi connectivity index (χ0v) is 11.8. The van der Waals surface area contributed by atoms with Crippen molar-refractivity contribution in [1.82, 2.24) is 0 Å². The number of hydrogen-bond acceptors (Lipinski definition) is 0. The third-order valence-corrected chi connectivity index (χ3v) is 6.74. The molecule has 5 unspecified atom stereocenters. The van der Waals surface area contributed by atoms with E-state index < -0.39 is 0 Å². The molecule has 18 heavy (non-hydrogen) atoms. The lowest BCUT2D eigenvalue weighted by atomic mass is 9.58. The summed E-state index contributed by atoms with van der Waals surface area (Å²) in [5, 5.41) is 0. The van der Waals surface area contributed by atoms with Crippen LogP contribution >= 0.6 is 0 Å². The second-order valence-corrected chi connectivity index (χ2v) is 7.48. The molecule has 0 nitrogen and oxygen atoms in total. The van der Waals surface area contributed by atoms with Gasteiger partial charge in [-0.3, -0.25) is 0 Å². The van der Waals surface area contributed by atoms with Crippen molar-refractivity contribution in [2.45, 2.75) is 58.3 Å². The van der Waals surface area contributed by atoms with Crippen LogP contribution in [0.4, 0.5) is 0 Å². The molecule has 0 N–H and O–H groups in total. The van der Waals surface area contributed by atoms with Gasteiger partial charge in [-0.1, -0.05) is 23.3 Å². The Kier molecular flexibility index (Phi) is 2.51. The molecular formula is C18H26. The van der Waals surface area contributed by atoms with Gasteiger partial charge in [-0.25, -0.2) is 0 Å². The highest BCUT2D eigenvalue weighted by molar-refractivity contribution is 5.26. The van der Waals surface area contributed by atoms with E-state index in [1.54, 1.807) is 11.1 Å². The van der Waals surface area contributed by atoms with Crippen LogP contribution in [0, 0.1) is 29.6 Å². The maximum atomic E-state index is 4.29. The highest BCUT2D eigenvalue weighted by Crippen LogP contribution is 2.58. The quantitative estimate of drug-likeness (QED) is 0.517. The van der Waals surface area contributed by atoms with E-state index in [1.165, 1.54) is 51.4 Å². The average molecular weight is 242 g/mol. The summed E-state index contributed by atoms with van der Waals surface area (Å²) < 4.78 is 0. The Labute approximate surface area is 112 Å². The lowest BCUT2D eigenvalue weighted by molar-refractivity contribution is 0.0558. The van der Waals surface area contributed by atoms with Gasteiger partial charge < -0.3 is 0 Å². The summed E-state index contributed by atoms with van der Waals surface area (Å²) in [4.78, 5) is 0. The topological polar surface area (TPSA) is 0 Å². The van der Waals surface area contributed by atoms with Gasteiger partial charge in [-0.15, -0.1) is 0 Å². The first-order valence-corrected chi connectivity index (χ1v) is 8.09. The Morgan fingerprint density at radius 3 is 2.67 bits per heavy atom. The fourth-order valence-electron chi connectivity index (χ4n) is 6.01. The number of fused-ring (bicyclic) bond motifs is 5. The molecule has 0 amide bonds. The van der Waals surface area contributed by atoms with Crippen molar-refractivity contribution in [2.24, 2.45) is 29.6 Å².